The van der Waals surface area contributed by atoms with Crippen molar-refractivity contribution in [1.29, 1.82) is 0 Å². The van der Waals surface area contributed by atoms with Gasteiger partial charge in [0.05, 0.1) is 13.2 Å². The summed E-state index contributed by atoms with van der Waals surface area (Å²) in [4.78, 5) is 11.5. The van der Waals surface area contributed by atoms with Crippen LogP contribution in [-0.4, -0.2) is 25.2 Å². The smallest absolute Gasteiger partial charge is 0.323 e. The van der Waals surface area contributed by atoms with Crippen LogP contribution >= 0.6 is 0 Å². The van der Waals surface area contributed by atoms with E-state index in [1.165, 1.54) is 7.11 Å². The maximum absolute atomic E-state index is 11.5. The summed E-state index contributed by atoms with van der Waals surface area (Å²) < 4.78 is 4.77. The van der Waals surface area contributed by atoms with E-state index in [-0.39, 0.29) is 18.1 Å². The number of carbonyl (C=O) groups excluding carboxylic acids is 1. The fourth-order valence-corrected chi connectivity index (χ4v) is 1.67. The summed E-state index contributed by atoms with van der Waals surface area (Å²) in [5.41, 5.74) is 0. The summed E-state index contributed by atoms with van der Waals surface area (Å²) in [6.45, 7) is 2.08. The SMILES string of the molecule is C#CC(CCC)NC(C(=O)OC)C1CC1. The molecule has 2 unspecified atom stereocenters. The quantitative estimate of drug-likeness (QED) is 0.530. The fraction of sp³-hybridized carbons (Fsp3) is 0.750. The predicted molar refractivity (Wildman–Crippen MR) is 59.2 cm³/mol. The van der Waals surface area contributed by atoms with Crippen molar-refractivity contribution in [3.63, 3.8) is 0 Å². The Morgan fingerprint density at radius 3 is 2.73 bits per heavy atom. The molecule has 1 rings (SSSR count). The molecule has 2 atom stereocenters. The van der Waals surface area contributed by atoms with Crippen molar-refractivity contribution in [2.45, 2.75) is 44.7 Å². The first-order valence-electron chi connectivity index (χ1n) is 5.53. The van der Waals surface area contributed by atoms with Crippen LogP contribution in [0.3, 0.4) is 0 Å². The molecule has 0 spiro atoms. The summed E-state index contributed by atoms with van der Waals surface area (Å²) in [6, 6.07) is -0.220. The zero-order valence-electron chi connectivity index (χ0n) is 9.45. The number of ether oxygens (including phenoxy) is 1. The molecule has 84 valence electrons. The minimum Gasteiger partial charge on any atom is -0.468 e. The van der Waals surface area contributed by atoms with Crippen molar-refractivity contribution >= 4 is 5.97 Å². The van der Waals surface area contributed by atoms with Crippen molar-refractivity contribution in [3.05, 3.63) is 0 Å². The van der Waals surface area contributed by atoms with E-state index in [1.54, 1.807) is 0 Å². The number of hydrogen-bond donors (Lipinski definition) is 1. The lowest BCUT2D eigenvalue weighted by molar-refractivity contribution is -0.143. The van der Waals surface area contributed by atoms with Crippen LogP contribution in [0.2, 0.25) is 0 Å². The molecule has 0 amide bonds. The molecule has 1 aliphatic carbocycles. The number of terminal acetylenes is 1. The van der Waals surface area contributed by atoms with E-state index in [1.807, 2.05) is 0 Å². The van der Waals surface area contributed by atoms with Crippen LogP contribution in [-0.2, 0) is 9.53 Å². The molecule has 0 aromatic rings. The lowest BCUT2D eigenvalue weighted by Crippen LogP contribution is -2.44. The number of hydrogen-bond acceptors (Lipinski definition) is 3. The lowest BCUT2D eigenvalue weighted by Gasteiger charge is -2.20. The van der Waals surface area contributed by atoms with Gasteiger partial charge >= 0.3 is 5.97 Å². The molecule has 0 aliphatic heterocycles. The van der Waals surface area contributed by atoms with Gasteiger partial charge in [-0.3, -0.25) is 10.1 Å². The second-order valence-corrected chi connectivity index (χ2v) is 4.01. The Hall–Kier alpha value is -1.01. The Morgan fingerprint density at radius 2 is 2.33 bits per heavy atom. The molecule has 1 saturated carbocycles. The Bertz CT molecular complexity index is 253. The maximum Gasteiger partial charge on any atom is 0.323 e. The summed E-state index contributed by atoms with van der Waals surface area (Å²) >= 11 is 0. The Labute approximate surface area is 91.6 Å². The summed E-state index contributed by atoms with van der Waals surface area (Å²) in [7, 11) is 1.42. The standard InChI is InChI=1S/C12H19NO2/c1-4-6-10(5-2)13-11(9-7-8-9)12(14)15-3/h2,9-11,13H,4,6-8H2,1,3H3. The van der Waals surface area contributed by atoms with Gasteiger partial charge in [0.1, 0.15) is 6.04 Å². The molecule has 0 aromatic heterocycles. The van der Waals surface area contributed by atoms with E-state index in [0.29, 0.717) is 5.92 Å². The highest BCUT2D eigenvalue weighted by Crippen LogP contribution is 2.33. The van der Waals surface area contributed by atoms with Gasteiger partial charge in [-0.05, 0) is 25.2 Å². The second kappa shape index (κ2) is 5.77. The average molecular weight is 209 g/mol. The van der Waals surface area contributed by atoms with Crippen molar-refractivity contribution in [1.82, 2.24) is 5.32 Å². The Morgan fingerprint density at radius 1 is 1.67 bits per heavy atom. The molecule has 0 bridgehead atoms. The molecule has 3 nitrogen and oxygen atoms in total. The molecule has 3 heteroatoms. The van der Waals surface area contributed by atoms with Crippen LogP contribution in [0.1, 0.15) is 32.6 Å². The minimum absolute atomic E-state index is 0.0142. The fourth-order valence-electron chi connectivity index (χ4n) is 1.67. The zero-order chi connectivity index (χ0) is 11.3. The topological polar surface area (TPSA) is 38.3 Å². The van der Waals surface area contributed by atoms with Gasteiger partial charge in [-0.15, -0.1) is 6.42 Å². The van der Waals surface area contributed by atoms with Crippen molar-refractivity contribution in [2.75, 3.05) is 7.11 Å². The van der Waals surface area contributed by atoms with E-state index >= 15 is 0 Å². The van der Waals surface area contributed by atoms with Gasteiger partial charge < -0.3 is 4.74 Å². The van der Waals surface area contributed by atoms with E-state index in [2.05, 4.69) is 18.2 Å². The highest BCUT2D eigenvalue weighted by Gasteiger charge is 2.37. The van der Waals surface area contributed by atoms with Gasteiger partial charge in [0, 0.05) is 0 Å². The second-order valence-electron chi connectivity index (χ2n) is 4.01. The van der Waals surface area contributed by atoms with E-state index < -0.39 is 0 Å². The van der Waals surface area contributed by atoms with E-state index in [0.717, 1.165) is 25.7 Å². The molecule has 0 aromatic carbocycles. The number of esters is 1. The Balaban J connectivity index is 2.49. The third kappa shape index (κ3) is 3.56. The van der Waals surface area contributed by atoms with Gasteiger partial charge in [-0.25, -0.2) is 0 Å². The largest absolute Gasteiger partial charge is 0.468 e. The molecule has 0 saturated heterocycles. The van der Waals surface area contributed by atoms with Crippen LogP contribution in [0.4, 0.5) is 0 Å². The van der Waals surface area contributed by atoms with Crippen LogP contribution in [0, 0.1) is 18.3 Å². The highest BCUT2D eigenvalue weighted by atomic mass is 16.5. The number of nitrogens with one attached hydrogen (secondary N) is 1. The molecule has 0 heterocycles. The van der Waals surface area contributed by atoms with Crippen molar-refractivity contribution in [3.8, 4) is 12.3 Å². The molecule has 1 fully saturated rings. The third-order valence-corrected chi connectivity index (χ3v) is 2.71. The number of methoxy groups -OCH3 is 1. The number of rotatable bonds is 6. The Kier molecular flexibility index (Phi) is 4.64. The molecule has 0 radical (unpaired) electrons. The highest BCUT2D eigenvalue weighted by molar-refractivity contribution is 5.76. The molecule has 1 N–H and O–H groups in total. The van der Waals surface area contributed by atoms with Crippen LogP contribution in [0.5, 0.6) is 0 Å². The number of carbonyl (C=O) groups is 1. The van der Waals surface area contributed by atoms with Crippen molar-refractivity contribution < 1.29 is 9.53 Å². The minimum atomic E-state index is -0.206. The van der Waals surface area contributed by atoms with Gasteiger partial charge in [0.25, 0.3) is 0 Å². The average Bonchev–Trinajstić information content (AvgIpc) is 3.07. The zero-order valence-corrected chi connectivity index (χ0v) is 9.45. The summed E-state index contributed by atoms with van der Waals surface area (Å²) in [5, 5.41) is 3.21. The third-order valence-electron chi connectivity index (χ3n) is 2.71. The molecular formula is C12H19NO2. The molecular weight excluding hydrogens is 190 g/mol. The van der Waals surface area contributed by atoms with Crippen LogP contribution in [0.15, 0.2) is 0 Å². The van der Waals surface area contributed by atoms with E-state index in [4.69, 9.17) is 11.2 Å². The first-order valence-corrected chi connectivity index (χ1v) is 5.53. The van der Waals surface area contributed by atoms with Gasteiger partial charge in [0.15, 0.2) is 0 Å². The first kappa shape index (κ1) is 12.1. The van der Waals surface area contributed by atoms with Crippen LogP contribution < -0.4 is 5.32 Å². The summed E-state index contributed by atoms with van der Waals surface area (Å²) in [5.74, 6) is 2.91. The van der Waals surface area contributed by atoms with E-state index in [9.17, 15) is 4.79 Å². The van der Waals surface area contributed by atoms with Crippen molar-refractivity contribution in [2.24, 2.45) is 5.92 Å². The summed E-state index contributed by atoms with van der Waals surface area (Å²) in [6.07, 6.45) is 9.51. The lowest BCUT2D eigenvalue weighted by atomic mass is 10.1. The molecule has 1 aliphatic rings. The predicted octanol–water partition coefficient (Wildman–Crippen LogP) is 1.33. The first-order chi connectivity index (χ1) is 7.22. The van der Waals surface area contributed by atoms with Gasteiger partial charge in [0.2, 0.25) is 0 Å². The van der Waals surface area contributed by atoms with Crippen LogP contribution in [0.25, 0.3) is 0 Å². The maximum atomic E-state index is 11.5. The molecule has 15 heavy (non-hydrogen) atoms. The normalized spacial score (nSPS) is 19.0. The monoisotopic (exact) mass is 209 g/mol. The van der Waals surface area contributed by atoms with Gasteiger partial charge in [-0.2, -0.15) is 0 Å². The van der Waals surface area contributed by atoms with Gasteiger partial charge in [-0.1, -0.05) is 19.3 Å².